The van der Waals surface area contributed by atoms with Crippen molar-refractivity contribution in [2.24, 2.45) is 0 Å². The van der Waals surface area contributed by atoms with E-state index in [-0.39, 0.29) is 0 Å². The highest BCUT2D eigenvalue weighted by Crippen LogP contribution is 1.93. The van der Waals surface area contributed by atoms with Crippen LogP contribution in [0.5, 0.6) is 0 Å². The van der Waals surface area contributed by atoms with Crippen molar-refractivity contribution in [3.8, 4) is 0 Å². The normalized spacial score (nSPS) is 10.7. The first-order valence-electron chi connectivity index (χ1n) is 5.78. The Kier molecular flexibility index (Phi) is 12.8. The summed E-state index contributed by atoms with van der Waals surface area (Å²) in [6, 6.07) is 0. The summed E-state index contributed by atoms with van der Waals surface area (Å²) >= 11 is 0. The summed E-state index contributed by atoms with van der Waals surface area (Å²) in [6.07, 6.45) is 3.73. The molecule has 0 radical (unpaired) electrons. The van der Waals surface area contributed by atoms with Crippen molar-refractivity contribution in [3.63, 3.8) is 0 Å². The van der Waals surface area contributed by atoms with Gasteiger partial charge in [0.05, 0.1) is 13.2 Å². The molecule has 14 heavy (non-hydrogen) atoms. The Morgan fingerprint density at radius 3 is 2.21 bits per heavy atom. The number of unbranched alkanes of at least 4 members (excludes halogenated alkanes) is 2. The lowest BCUT2D eigenvalue weighted by atomic mass is 10.3. The fourth-order valence-corrected chi connectivity index (χ4v) is 1.11. The number of hydrogen-bond donors (Lipinski definition) is 1. The molecular formula is C11H25NO2. The zero-order valence-electron chi connectivity index (χ0n) is 9.68. The van der Waals surface area contributed by atoms with Crippen LogP contribution >= 0.6 is 0 Å². The fraction of sp³-hybridized carbons (Fsp3) is 1.00. The Balaban J connectivity index is 2.78. The van der Waals surface area contributed by atoms with Gasteiger partial charge in [-0.2, -0.15) is 0 Å². The maximum Gasteiger partial charge on any atom is 0.0590 e. The van der Waals surface area contributed by atoms with Gasteiger partial charge in [-0.3, -0.25) is 0 Å². The second kappa shape index (κ2) is 12.9. The third-order valence-electron chi connectivity index (χ3n) is 1.94. The summed E-state index contributed by atoms with van der Waals surface area (Å²) in [5.41, 5.74) is 0. The second-order valence-electron chi connectivity index (χ2n) is 3.27. The van der Waals surface area contributed by atoms with Crippen LogP contribution in [0.1, 0.15) is 33.1 Å². The summed E-state index contributed by atoms with van der Waals surface area (Å²) in [6.45, 7) is 9.38. The lowest BCUT2D eigenvalue weighted by Gasteiger charge is -2.05. The van der Waals surface area contributed by atoms with Crippen molar-refractivity contribution >= 4 is 0 Å². The first kappa shape index (κ1) is 13.9. The SMILES string of the molecule is CCCCCOCCNCCOCC. The molecule has 0 aliphatic rings. The van der Waals surface area contributed by atoms with Crippen molar-refractivity contribution in [2.75, 3.05) is 39.5 Å². The van der Waals surface area contributed by atoms with E-state index in [0.29, 0.717) is 0 Å². The molecule has 0 saturated carbocycles. The van der Waals surface area contributed by atoms with Gasteiger partial charge in [-0.1, -0.05) is 19.8 Å². The molecule has 0 aromatic heterocycles. The third kappa shape index (κ3) is 11.9. The highest BCUT2D eigenvalue weighted by atomic mass is 16.5. The van der Waals surface area contributed by atoms with Crippen LogP contribution in [0.15, 0.2) is 0 Å². The molecule has 0 spiro atoms. The highest BCUT2D eigenvalue weighted by molar-refractivity contribution is 4.45. The third-order valence-corrected chi connectivity index (χ3v) is 1.94. The molecular weight excluding hydrogens is 178 g/mol. The highest BCUT2D eigenvalue weighted by Gasteiger charge is 1.89. The molecule has 1 N–H and O–H groups in total. The fourth-order valence-electron chi connectivity index (χ4n) is 1.11. The van der Waals surface area contributed by atoms with E-state index in [1.165, 1.54) is 19.3 Å². The Bertz CT molecular complexity index is 87.3. The Morgan fingerprint density at radius 2 is 1.57 bits per heavy atom. The van der Waals surface area contributed by atoms with E-state index in [9.17, 15) is 0 Å². The van der Waals surface area contributed by atoms with Gasteiger partial charge in [-0.25, -0.2) is 0 Å². The molecule has 0 bridgehead atoms. The van der Waals surface area contributed by atoms with Crippen molar-refractivity contribution in [3.05, 3.63) is 0 Å². The van der Waals surface area contributed by atoms with Crippen molar-refractivity contribution in [1.82, 2.24) is 5.32 Å². The van der Waals surface area contributed by atoms with Gasteiger partial charge >= 0.3 is 0 Å². The van der Waals surface area contributed by atoms with Crippen molar-refractivity contribution in [1.29, 1.82) is 0 Å². The molecule has 86 valence electrons. The monoisotopic (exact) mass is 203 g/mol. The summed E-state index contributed by atoms with van der Waals surface area (Å²) < 4.78 is 10.6. The van der Waals surface area contributed by atoms with Crippen molar-refractivity contribution < 1.29 is 9.47 Å². The van der Waals surface area contributed by atoms with E-state index in [0.717, 1.165) is 39.5 Å². The van der Waals surface area contributed by atoms with Gasteiger partial charge in [0.2, 0.25) is 0 Å². The molecule has 3 nitrogen and oxygen atoms in total. The van der Waals surface area contributed by atoms with E-state index in [2.05, 4.69) is 12.2 Å². The van der Waals surface area contributed by atoms with Gasteiger partial charge in [0.15, 0.2) is 0 Å². The van der Waals surface area contributed by atoms with E-state index in [4.69, 9.17) is 9.47 Å². The summed E-state index contributed by atoms with van der Waals surface area (Å²) in [7, 11) is 0. The van der Waals surface area contributed by atoms with Gasteiger partial charge in [0.1, 0.15) is 0 Å². The molecule has 0 aliphatic carbocycles. The molecule has 0 rings (SSSR count). The minimum absolute atomic E-state index is 0.798. The van der Waals surface area contributed by atoms with Crippen LogP contribution in [0.4, 0.5) is 0 Å². The second-order valence-corrected chi connectivity index (χ2v) is 3.27. The summed E-state index contributed by atoms with van der Waals surface area (Å²) in [5, 5.41) is 3.26. The molecule has 0 atom stereocenters. The molecule has 0 aromatic rings. The van der Waals surface area contributed by atoms with Crippen LogP contribution in [0.25, 0.3) is 0 Å². The summed E-state index contributed by atoms with van der Waals surface area (Å²) in [4.78, 5) is 0. The first-order chi connectivity index (χ1) is 6.91. The average Bonchev–Trinajstić information content (AvgIpc) is 2.21. The number of rotatable bonds is 11. The smallest absolute Gasteiger partial charge is 0.0590 e. The molecule has 3 heteroatoms. The molecule has 0 heterocycles. The number of ether oxygens (including phenoxy) is 2. The number of nitrogens with one attached hydrogen (secondary N) is 1. The quantitative estimate of drug-likeness (QED) is 0.520. The zero-order chi connectivity index (χ0) is 10.5. The standard InChI is InChI=1S/C11H25NO2/c1-3-5-6-9-14-11-8-12-7-10-13-4-2/h12H,3-11H2,1-2H3. The van der Waals surface area contributed by atoms with Crippen molar-refractivity contribution in [2.45, 2.75) is 33.1 Å². The van der Waals surface area contributed by atoms with Crippen LogP contribution in [-0.4, -0.2) is 39.5 Å². The molecule has 0 saturated heterocycles. The lowest BCUT2D eigenvalue weighted by molar-refractivity contribution is 0.123. The average molecular weight is 203 g/mol. The van der Waals surface area contributed by atoms with E-state index in [1.807, 2.05) is 6.92 Å². The van der Waals surface area contributed by atoms with Gasteiger partial charge in [0.25, 0.3) is 0 Å². The van der Waals surface area contributed by atoms with Crippen LogP contribution < -0.4 is 5.32 Å². The maximum atomic E-state index is 5.44. The molecule has 0 fully saturated rings. The summed E-state index contributed by atoms with van der Waals surface area (Å²) in [5.74, 6) is 0. The van der Waals surface area contributed by atoms with Crippen LogP contribution in [0.2, 0.25) is 0 Å². The van der Waals surface area contributed by atoms with Crippen LogP contribution in [0.3, 0.4) is 0 Å². The lowest BCUT2D eigenvalue weighted by Crippen LogP contribution is -2.24. The van der Waals surface area contributed by atoms with E-state index >= 15 is 0 Å². The minimum atomic E-state index is 0.798. The molecule has 0 aliphatic heterocycles. The zero-order valence-corrected chi connectivity index (χ0v) is 9.68. The Labute approximate surface area is 88.2 Å². The van der Waals surface area contributed by atoms with E-state index < -0.39 is 0 Å². The molecule has 0 unspecified atom stereocenters. The van der Waals surface area contributed by atoms with E-state index in [1.54, 1.807) is 0 Å². The minimum Gasteiger partial charge on any atom is -0.380 e. The topological polar surface area (TPSA) is 30.5 Å². The largest absolute Gasteiger partial charge is 0.380 e. The van der Waals surface area contributed by atoms with Crippen LogP contribution in [-0.2, 0) is 9.47 Å². The first-order valence-corrected chi connectivity index (χ1v) is 5.78. The number of hydrogen-bond acceptors (Lipinski definition) is 3. The van der Waals surface area contributed by atoms with Gasteiger partial charge in [0, 0.05) is 26.3 Å². The molecule has 0 aromatic carbocycles. The molecule has 0 amide bonds. The maximum absolute atomic E-state index is 5.44. The van der Waals surface area contributed by atoms with Gasteiger partial charge < -0.3 is 14.8 Å². The van der Waals surface area contributed by atoms with Gasteiger partial charge in [-0.05, 0) is 13.3 Å². The Morgan fingerprint density at radius 1 is 0.857 bits per heavy atom. The van der Waals surface area contributed by atoms with Crippen LogP contribution in [0, 0.1) is 0 Å². The predicted octanol–water partition coefficient (Wildman–Crippen LogP) is 1.82. The van der Waals surface area contributed by atoms with Gasteiger partial charge in [-0.15, -0.1) is 0 Å². The predicted molar refractivity (Wildman–Crippen MR) is 59.7 cm³/mol. The Hall–Kier alpha value is -0.120.